The highest BCUT2D eigenvalue weighted by Gasteiger charge is 2.27. The Hall–Kier alpha value is -0.660. The molecule has 1 aliphatic rings. The summed E-state index contributed by atoms with van der Waals surface area (Å²) in [5.41, 5.74) is 5.58. The standard InChI is InChI=1S/C11H22N2O4S/c1-17-11(14)5-3-7-18(15,16)13-6-2-4-10(8-12)9-13/h10H,2-9,12H2,1H3. The maximum atomic E-state index is 12.0. The van der Waals surface area contributed by atoms with E-state index in [2.05, 4.69) is 4.74 Å². The van der Waals surface area contributed by atoms with Gasteiger partial charge in [0.05, 0.1) is 12.9 Å². The van der Waals surface area contributed by atoms with Gasteiger partial charge in [-0.3, -0.25) is 4.79 Å². The highest BCUT2D eigenvalue weighted by atomic mass is 32.2. The number of nitrogens with two attached hydrogens (primary N) is 1. The molecule has 0 saturated carbocycles. The predicted octanol–water partition coefficient (Wildman–Crippen LogP) is -0.0599. The molecule has 0 amide bonds. The number of nitrogens with zero attached hydrogens (tertiary/aromatic N) is 1. The van der Waals surface area contributed by atoms with Gasteiger partial charge in [-0.2, -0.15) is 0 Å². The van der Waals surface area contributed by atoms with Gasteiger partial charge in [0, 0.05) is 19.5 Å². The predicted molar refractivity (Wildman–Crippen MR) is 68.4 cm³/mol. The lowest BCUT2D eigenvalue weighted by molar-refractivity contribution is -0.140. The number of carbonyl (C=O) groups excluding carboxylic acids is 1. The summed E-state index contributed by atoms with van der Waals surface area (Å²) in [4.78, 5) is 10.9. The average molecular weight is 278 g/mol. The minimum Gasteiger partial charge on any atom is -0.469 e. The number of hydrogen-bond acceptors (Lipinski definition) is 5. The number of ether oxygens (including phenoxy) is 1. The Morgan fingerprint density at radius 1 is 1.50 bits per heavy atom. The van der Waals surface area contributed by atoms with Crippen molar-refractivity contribution in [1.82, 2.24) is 4.31 Å². The van der Waals surface area contributed by atoms with Crippen molar-refractivity contribution in [3.05, 3.63) is 0 Å². The molecule has 0 aliphatic carbocycles. The van der Waals surface area contributed by atoms with Crippen LogP contribution in [0, 0.1) is 5.92 Å². The van der Waals surface area contributed by atoms with Crippen LogP contribution in [0.15, 0.2) is 0 Å². The van der Waals surface area contributed by atoms with Gasteiger partial charge in [0.2, 0.25) is 10.0 Å². The number of methoxy groups -OCH3 is 1. The molecule has 0 aromatic rings. The maximum absolute atomic E-state index is 12.0. The lowest BCUT2D eigenvalue weighted by Crippen LogP contribution is -2.43. The van der Waals surface area contributed by atoms with Crippen LogP contribution in [-0.4, -0.2) is 51.2 Å². The van der Waals surface area contributed by atoms with Crippen LogP contribution in [-0.2, 0) is 19.6 Å². The van der Waals surface area contributed by atoms with E-state index in [4.69, 9.17) is 5.73 Å². The molecule has 106 valence electrons. The molecule has 0 bridgehead atoms. The highest BCUT2D eigenvalue weighted by molar-refractivity contribution is 7.89. The Balaban J connectivity index is 2.45. The molecule has 0 radical (unpaired) electrons. The molecule has 0 aromatic heterocycles. The van der Waals surface area contributed by atoms with E-state index >= 15 is 0 Å². The van der Waals surface area contributed by atoms with Gasteiger partial charge >= 0.3 is 5.97 Å². The molecule has 1 saturated heterocycles. The van der Waals surface area contributed by atoms with E-state index < -0.39 is 10.0 Å². The van der Waals surface area contributed by atoms with Crippen molar-refractivity contribution < 1.29 is 17.9 Å². The zero-order chi connectivity index (χ0) is 13.6. The normalized spacial score (nSPS) is 21.8. The molecule has 18 heavy (non-hydrogen) atoms. The number of sulfonamides is 1. The fraction of sp³-hybridized carbons (Fsp3) is 0.909. The number of piperidine rings is 1. The molecule has 0 aromatic carbocycles. The second-order valence-corrected chi connectivity index (χ2v) is 6.69. The Kier molecular flexibility index (Phi) is 6.04. The first kappa shape index (κ1) is 15.4. The Morgan fingerprint density at radius 2 is 2.22 bits per heavy atom. The summed E-state index contributed by atoms with van der Waals surface area (Å²) in [5, 5.41) is 0. The van der Waals surface area contributed by atoms with E-state index in [0.29, 0.717) is 26.1 Å². The van der Waals surface area contributed by atoms with Gasteiger partial charge in [-0.25, -0.2) is 12.7 Å². The van der Waals surface area contributed by atoms with Crippen molar-refractivity contribution in [1.29, 1.82) is 0 Å². The molecular formula is C11H22N2O4S. The van der Waals surface area contributed by atoms with Crippen LogP contribution in [0.25, 0.3) is 0 Å². The fourth-order valence-electron chi connectivity index (χ4n) is 2.10. The van der Waals surface area contributed by atoms with Gasteiger partial charge in [0.25, 0.3) is 0 Å². The van der Waals surface area contributed by atoms with Crippen LogP contribution in [0.1, 0.15) is 25.7 Å². The van der Waals surface area contributed by atoms with Crippen molar-refractivity contribution >= 4 is 16.0 Å². The third-order valence-electron chi connectivity index (χ3n) is 3.22. The van der Waals surface area contributed by atoms with E-state index in [-0.39, 0.29) is 24.1 Å². The van der Waals surface area contributed by atoms with Crippen LogP contribution < -0.4 is 5.73 Å². The first-order chi connectivity index (χ1) is 8.49. The van der Waals surface area contributed by atoms with E-state index in [0.717, 1.165) is 12.8 Å². The Bertz CT molecular complexity index is 369. The molecule has 6 nitrogen and oxygen atoms in total. The van der Waals surface area contributed by atoms with Gasteiger partial charge in [-0.15, -0.1) is 0 Å². The smallest absolute Gasteiger partial charge is 0.305 e. The molecule has 1 unspecified atom stereocenters. The summed E-state index contributed by atoms with van der Waals surface area (Å²) < 4.78 is 30.1. The van der Waals surface area contributed by atoms with Crippen LogP contribution in [0.3, 0.4) is 0 Å². The minimum absolute atomic E-state index is 0.000604. The molecule has 2 N–H and O–H groups in total. The van der Waals surface area contributed by atoms with Gasteiger partial charge in [-0.05, 0) is 31.7 Å². The lowest BCUT2D eigenvalue weighted by Gasteiger charge is -2.31. The summed E-state index contributed by atoms with van der Waals surface area (Å²) in [7, 11) is -1.96. The largest absolute Gasteiger partial charge is 0.469 e. The van der Waals surface area contributed by atoms with Crippen molar-refractivity contribution in [2.24, 2.45) is 11.7 Å². The molecule has 1 aliphatic heterocycles. The third kappa shape index (κ3) is 4.55. The molecule has 1 atom stereocenters. The summed E-state index contributed by atoms with van der Waals surface area (Å²) in [6.45, 7) is 1.60. The van der Waals surface area contributed by atoms with E-state index in [1.54, 1.807) is 0 Å². The summed E-state index contributed by atoms with van der Waals surface area (Å²) in [5.74, 6) is -0.114. The summed E-state index contributed by atoms with van der Waals surface area (Å²) in [6, 6.07) is 0. The summed E-state index contributed by atoms with van der Waals surface area (Å²) >= 11 is 0. The van der Waals surface area contributed by atoms with Crippen molar-refractivity contribution in [2.75, 3.05) is 32.5 Å². The van der Waals surface area contributed by atoms with Crippen molar-refractivity contribution in [2.45, 2.75) is 25.7 Å². The van der Waals surface area contributed by atoms with E-state index in [9.17, 15) is 13.2 Å². The SMILES string of the molecule is COC(=O)CCCS(=O)(=O)N1CCCC(CN)C1. The first-order valence-corrected chi connectivity index (χ1v) is 7.85. The first-order valence-electron chi connectivity index (χ1n) is 6.24. The number of hydrogen-bond donors (Lipinski definition) is 1. The van der Waals surface area contributed by atoms with Gasteiger partial charge in [-0.1, -0.05) is 0 Å². The number of rotatable bonds is 6. The second-order valence-electron chi connectivity index (χ2n) is 4.60. The minimum atomic E-state index is -3.26. The van der Waals surface area contributed by atoms with Crippen LogP contribution >= 0.6 is 0 Å². The molecule has 1 heterocycles. The van der Waals surface area contributed by atoms with Crippen LogP contribution in [0.2, 0.25) is 0 Å². The number of esters is 1. The van der Waals surface area contributed by atoms with Crippen molar-refractivity contribution in [3.63, 3.8) is 0 Å². The monoisotopic (exact) mass is 278 g/mol. The Morgan fingerprint density at radius 3 is 2.83 bits per heavy atom. The second kappa shape index (κ2) is 7.06. The number of carbonyl (C=O) groups is 1. The molecule has 0 spiro atoms. The summed E-state index contributed by atoms with van der Waals surface area (Å²) in [6.07, 6.45) is 2.30. The fourth-order valence-corrected chi connectivity index (χ4v) is 3.71. The Labute approximate surface area is 109 Å². The van der Waals surface area contributed by atoms with Crippen LogP contribution in [0.5, 0.6) is 0 Å². The average Bonchev–Trinajstić information content (AvgIpc) is 2.38. The molecule has 1 rings (SSSR count). The quantitative estimate of drug-likeness (QED) is 0.687. The molecular weight excluding hydrogens is 256 g/mol. The zero-order valence-electron chi connectivity index (χ0n) is 10.8. The van der Waals surface area contributed by atoms with Gasteiger partial charge in [0.15, 0.2) is 0 Å². The van der Waals surface area contributed by atoms with Gasteiger partial charge < -0.3 is 10.5 Å². The van der Waals surface area contributed by atoms with E-state index in [1.165, 1.54) is 11.4 Å². The topological polar surface area (TPSA) is 89.7 Å². The zero-order valence-corrected chi connectivity index (χ0v) is 11.6. The highest BCUT2D eigenvalue weighted by Crippen LogP contribution is 2.19. The third-order valence-corrected chi connectivity index (χ3v) is 5.14. The molecule has 7 heteroatoms. The van der Waals surface area contributed by atoms with Crippen LogP contribution in [0.4, 0.5) is 0 Å². The van der Waals surface area contributed by atoms with E-state index in [1.807, 2.05) is 0 Å². The maximum Gasteiger partial charge on any atom is 0.305 e. The lowest BCUT2D eigenvalue weighted by atomic mass is 10.0. The molecule has 1 fully saturated rings. The van der Waals surface area contributed by atoms with Crippen molar-refractivity contribution in [3.8, 4) is 0 Å². The van der Waals surface area contributed by atoms with Gasteiger partial charge in [0.1, 0.15) is 0 Å².